The van der Waals surface area contributed by atoms with Crippen molar-refractivity contribution in [3.63, 3.8) is 0 Å². The molecule has 0 aromatic rings. The van der Waals surface area contributed by atoms with Crippen LogP contribution in [-0.2, 0) is 0 Å². The molecule has 0 saturated carbocycles. The van der Waals surface area contributed by atoms with Crippen LogP contribution in [0.15, 0.2) is 21.9 Å². The summed E-state index contributed by atoms with van der Waals surface area (Å²) < 4.78 is 0. The molecule has 38 valence electrons. The Kier molecular flexibility index (Phi) is 4.12. The van der Waals surface area contributed by atoms with Crippen molar-refractivity contribution in [2.45, 2.75) is 0 Å². The third-order valence-electron chi connectivity index (χ3n) is 0.707. The minimum absolute atomic E-state index is 0. The van der Waals surface area contributed by atoms with E-state index >= 15 is 0 Å². The van der Waals surface area contributed by atoms with E-state index in [0.29, 0.717) is 6.54 Å². The van der Waals surface area contributed by atoms with Crippen molar-refractivity contribution in [1.29, 1.82) is 0 Å². The summed E-state index contributed by atoms with van der Waals surface area (Å²) in [5.74, 6) is 0. The van der Waals surface area contributed by atoms with Gasteiger partial charge in [0.15, 0.2) is 0 Å². The van der Waals surface area contributed by atoms with E-state index in [4.69, 9.17) is 6.58 Å². The molecule has 0 aliphatic carbocycles. The fraction of sp³-hybridized carbons (Fsp3) is 0.200. The minimum Gasteiger partial charge on any atom is -0.394 e. The van der Waals surface area contributed by atoms with Crippen LogP contribution in [0.3, 0.4) is 0 Å². The number of hydrogen-bond acceptors (Lipinski definition) is 2. The molecule has 0 unspecified atom stereocenters. The zero-order valence-corrected chi connectivity index (χ0v) is 8.42. The van der Waals surface area contributed by atoms with Gasteiger partial charge in [0.1, 0.15) is 0 Å². The first kappa shape index (κ1) is 8.13. The van der Waals surface area contributed by atoms with Gasteiger partial charge in [-0.25, -0.2) is 11.3 Å². The average Bonchev–Trinajstić information content (AvgIpc) is 2.14. The first-order valence-corrected chi connectivity index (χ1v) is 1.97. The van der Waals surface area contributed by atoms with E-state index in [2.05, 4.69) is 16.4 Å². The average molecular weight is 330 g/mol. The molecule has 0 saturated heterocycles. The molecule has 0 atom stereocenters. The first-order valence-electron chi connectivity index (χ1n) is 1.97. The molecular formula is C5H4N2U. The fourth-order valence-corrected chi connectivity index (χ4v) is 0.336. The van der Waals surface area contributed by atoms with Crippen LogP contribution >= 0.6 is 0 Å². The van der Waals surface area contributed by atoms with E-state index < -0.39 is 0 Å². The predicted octanol–water partition coefficient (Wildman–Crippen LogP) is 1.13. The SMILES string of the molecule is [CH-]=CC1=[C-]N=NC1.[U+2]. The second-order valence-electron chi connectivity index (χ2n) is 1.20. The van der Waals surface area contributed by atoms with Gasteiger partial charge in [-0.3, -0.25) is 5.11 Å². The van der Waals surface area contributed by atoms with E-state index in [-0.39, 0.29) is 31.1 Å². The van der Waals surface area contributed by atoms with Gasteiger partial charge >= 0.3 is 31.1 Å². The first-order chi connectivity index (χ1) is 3.43. The third-order valence-corrected chi connectivity index (χ3v) is 0.707. The Morgan fingerprint density at radius 1 is 1.75 bits per heavy atom. The van der Waals surface area contributed by atoms with Crippen LogP contribution in [-0.4, -0.2) is 6.54 Å². The molecule has 3 heteroatoms. The van der Waals surface area contributed by atoms with E-state index in [1.165, 1.54) is 6.08 Å². The molecule has 0 amide bonds. The Labute approximate surface area is 72.1 Å². The van der Waals surface area contributed by atoms with Gasteiger partial charge in [-0.1, -0.05) is 0 Å². The minimum atomic E-state index is 0. The molecule has 1 heterocycles. The molecule has 8 heavy (non-hydrogen) atoms. The van der Waals surface area contributed by atoms with Crippen molar-refractivity contribution in [2.24, 2.45) is 10.2 Å². The summed E-state index contributed by atoms with van der Waals surface area (Å²) in [6.45, 7) is 5.68. The van der Waals surface area contributed by atoms with Crippen LogP contribution in [0.5, 0.6) is 0 Å². The second-order valence-corrected chi connectivity index (χ2v) is 1.20. The van der Waals surface area contributed by atoms with Crippen LogP contribution < -0.4 is 0 Å². The number of rotatable bonds is 1. The second kappa shape index (κ2) is 4.06. The normalized spacial score (nSPS) is 14.8. The van der Waals surface area contributed by atoms with Crippen molar-refractivity contribution in [2.75, 3.05) is 6.54 Å². The molecule has 1 aliphatic rings. The van der Waals surface area contributed by atoms with Gasteiger partial charge in [0, 0.05) is 0 Å². The van der Waals surface area contributed by atoms with Gasteiger partial charge in [-0.15, -0.1) is 0 Å². The number of nitrogens with zero attached hydrogens (tertiary/aromatic N) is 2. The molecule has 0 aromatic carbocycles. The monoisotopic (exact) mass is 330 g/mol. The summed E-state index contributed by atoms with van der Waals surface area (Å²) in [4.78, 5) is 0. The van der Waals surface area contributed by atoms with Crippen LogP contribution in [0, 0.1) is 43.9 Å². The summed E-state index contributed by atoms with van der Waals surface area (Å²) in [6.07, 6.45) is 4.06. The Balaban J connectivity index is 0.000000490. The molecule has 0 bridgehead atoms. The molecule has 0 N–H and O–H groups in total. The topological polar surface area (TPSA) is 24.7 Å². The maximum absolute atomic E-state index is 5.09. The predicted molar refractivity (Wildman–Crippen MR) is 25.3 cm³/mol. The Morgan fingerprint density at radius 2 is 2.50 bits per heavy atom. The largest absolute Gasteiger partial charge is 2.00 e. The van der Waals surface area contributed by atoms with Crippen molar-refractivity contribution < 1.29 is 31.1 Å². The van der Waals surface area contributed by atoms with Crippen molar-refractivity contribution in [1.82, 2.24) is 0 Å². The van der Waals surface area contributed by atoms with Gasteiger partial charge < -0.3 is 18.2 Å². The summed E-state index contributed by atoms with van der Waals surface area (Å²) in [5.41, 5.74) is 0.861. The quantitative estimate of drug-likeness (QED) is 0.644. The van der Waals surface area contributed by atoms with E-state index in [9.17, 15) is 0 Å². The fourth-order valence-electron chi connectivity index (χ4n) is 0.336. The zero-order chi connectivity index (χ0) is 5.11. The van der Waals surface area contributed by atoms with Crippen LogP contribution in [0.1, 0.15) is 0 Å². The molecule has 1 rings (SSSR count). The van der Waals surface area contributed by atoms with Gasteiger partial charge in [0.25, 0.3) is 0 Å². The van der Waals surface area contributed by atoms with Crippen LogP contribution in [0.4, 0.5) is 0 Å². The Morgan fingerprint density at radius 3 is 2.75 bits per heavy atom. The summed E-state index contributed by atoms with van der Waals surface area (Å²) in [7, 11) is 0. The van der Waals surface area contributed by atoms with Gasteiger partial charge in [-0.05, 0) is 6.54 Å². The molecule has 0 fully saturated rings. The van der Waals surface area contributed by atoms with Gasteiger partial charge in [0.2, 0.25) is 0 Å². The van der Waals surface area contributed by atoms with E-state index in [1.807, 2.05) is 0 Å². The maximum atomic E-state index is 5.09. The molecule has 1 aliphatic heterocycles. The molecular weight excluding hydrogens is 326 g/mol. The van der Waals surface area contributed by atoms with E-state index in [0.717, 1.165) is 5.57 Å². The maximum Gasteiger partial charge on any atom is 2.00 e. The van der Waals surface area contributed by atoms with E-state index in [1.54, 1.807) is 0 Å². The molecule has 2 nitrogen and oxygen atoms in total. The Hall–Kier alpha value is 0.132. The summed E-state index contributed by atoms with van der Waals surface area (Å²) in [6, 6.07) is 0. The smallest absolute Gasteiger partial charge is 0.394 e. The van der Waals surface area contributed by atoms with Crippen molar-refractivity contribution >= 4 is 0 Å². The van der Waals surface area contributed by atoms with Crippen LogP contribution in [0.25, 0.3) is 0 Å². The van der Waals surface area contributed by atoms with Crippen LogP contribution in [0.2, 0.25) is 0 Å². The Bertz CT molecular complexity index is 137. The van der Waals surface area contributed by atoms with Gasteiger partial charge in [0.05, 0.1) is 0 Å². The van der Waals surface area contributed by atoms with Crippen molar-refractivity contribution in [3.8, 4) is 0 Å². The molecule has 0 radical (unpaired) electrons. The standard InChI is InChI=1S/C5H4N2.U/c1-2-5-3-6-7-4-5;/h1-2H,3H2;/q-2;+2. The third kappa shape index (κ3) is 1.94. The summed E-state index contributed by atoms with van der Waals surface area (Å²) >= 11 is 0. The van der Waals surface area contributed by atoms with Crippen molar-refractivity contribution in [3.05, 3.63) is 24.4 Å². The summed E-state index contributed by atoms with van der Waals surface area (Å²) in [5, 5.41) is 7.06. The number of azo groups is 1. The molecule has 0 aromatic heterocycles. The molecule has 0 spiro atoms. The van der Waals surface area contributed by atoms with Gasteiger partial charge in [-0.2, -0.15) is 0 Å². The number of hydrogen-bond donors (Lipinski definition) is 0. The zero-order valence-electron chi connectivity index (χ0n) is 4.26.